The molecule has 0 aliphatic rings. The third-order valence-corrected chi connectivity index (χ3v) is 3.95. The quantitative estimate of drug-likeness (QED) is 0.857. The van der Waals surface area contributed by atoms with Gasteiger partial charge in [-0.05, 0) is 5.92 Å². The minimum Gasteiger partial charge on any atom is -0.390 e. The lowest BCUT2D eigenvalue weighted by Crippen LogP contribution is -2.08. The Morgan fingerprint density at radius 3 is 2.48 bits per heavy atom. The number of aromatic nitrogens is 3. The molecule has 0 spiro atoms. The number of aliphatic hydroxyl groups is 1. The van der Waals surface area contributed by atoms with E-state index in [2.05, 4.69) is 48.0 Å². The lowest BCUT2D eigenvalue weighted by atomic mass is 10.1. The van der Waals surface area contributed by atoms with Gasteiger partial charge in [-0.15, -0.1) is 11.3 Å². The summed E-state index contributed by atoms with van der Waals surface area (Å²) in [6.45, 7) is 9.04. The van der Waals surface area contributed by atoms with E-state index in [1.807, 2.05) is 11.4 Å². The van der Waals surface area contributed by atoms with Crippen molar-refractivity contribution >= 4 is 17.2 Å². The van der Waals surface area contributed by atoms with Crippen LogP contribution < -0.4 is 5.32 Å². The minimum atomic E-state index is -0.0149. The molecule has 0 aromatic carbocycles. The molecule has 2 aromatic heterocycles. The molecule has 0 atom stereocenters. The monoisotopic (exact) mass is 306 g/mol. The number of aliphatic hydroxyl groups excluding tert-OH is 1. The number of nitrogens with one attached hydrogen (secondary N) is 1. The van der Waals surface area contributed by atoms with Crippen molar-refractivity contribution < 1.29 is 5.11 Å². The molecule has 0 saturated heterocycles. The number of hydrogen-bond acceptors (Lipinski definition) is 6. The third-order valence-electron chi connectivity index (χ3n) is 3.05. The van der Waals surface area contributed by atoms with Crippen LogP contribution in [0.1, 0.15) is 61.8 Å². The van der Waals surface area contributed by atoms with Crippen LogP contribution in [0.5, 0.6) is 0 Å². The Morgan fingerprint density at radius 1 is 1.14 bits per heavy atom. The van der Waals surface area contributed by atoms with Gasteiger partial charge in [-0.1, -0.05) is 27.7 Å². The summed E-state index contributed by atoms with van der Waals surface area (Å²) in [5, 5.41) is 15.1. The molecule has 0 saturated carbocycles. The largest absolute Gasteiger partial charge is 0.390 e. The zero-order chi connectivity index (χ0) is 15.4. The average molecular weight is 306 g/mol. The summed E-state index contributed by atoms with van der Waals surface area (Å²) in [4.78, 5) is 13.5. The van der Waals surface area contributed by atoms with Crippen LogP contribution in [0.4, 0.5) is 5.82 Å². The van der Waals surface area contributed by atoms with Crippen molar-refractivity contribution in [3.8, 4) is 0 Å². The molecule has 0 radical (unpaired) electrons. The molecule has 2 heterocycles. The molecule has 2 rings (SSSR count). The fourth-order valence-corrected chi connectivity index (χ4v) is 2.52. The lowest BCUT2D eigenvalue weighted by molar-refractivity contribution is 0.277. The maximum absolute atomic E-state index is 9.03. The number of hydrogen-bond donors (Lipinski definition) is 2. The normalized spacial score (nSPS) is 11.4. The van der Waals surface area contributed by atoms with Crippen molar-refractivity contribution in [2.75, 3.05) is 5.32 Å². The molecule has 2 N–H and O–H groups in total. The number of anilines is 1. The first-order valence-electron chi connectivity index (χ1n) is 7.16. The minimum absolute atomic E-state index is 0.0149. The fraction of sp³-hybridized carbons (Fsp3) is 0.533. The van der Waals surface area contributed by atoms with E-state index in [0.717, 1.165) is 22.3 Å². The molecule has 0 amide bonds. The maximum atomic E-state index is 9.03. The summed E-state index contributed by atoms with van der Waals surface area (Å²) >= 11 is 1.54. The molecule has 21 heavy (non-hydrogen) atoms. The molecule has 0 fully saturated rings. The van der Waals surface area contributed by atoms with E-state index in [9.17, 15) is 0 Å². The van der Waals surface area contributed by atoms with Crippen LogP contribution in [0.2, 0.25) is 0 Å². The molecule has 0 bridgehead atoms. The Bertz CT molecular complexity index is 569. The molecule has 0 aliphatic carbocycles. The SMILES string of the molecule is CC(C)c1cc(NCc2nc(CO)cs2)nc(C(C)C)n1. The van der Waals surface area contributed by atoms with Crippen LogP contribution in [-0.4, -0.2) is 20.1 Å². The average Bonchev–Trinajstić information content (AvgIpc) is 2.92. The van der Waals surface area contributed by atoms with E-state index in [1.165, 1.54) is 11.3 Å². The summed E-state index contributed by atoms with van der Waals surface area (Å²) in [5.74, 6) is 2.36. The van der Waals surface area contributed by atoms with Gasteiger partial charge in [-0.2, -0.15) is 0 Å². The summed E-state index contributed by atoms with van der Waals surface area (Å²) in [5.41, 5.74) is 1.76. The van der Waals surface area contributed by atoms with Crippen LogP contribution in [0.25, 0.3) is 0 Å². The zero-order valence-corrected chi connectivity index (χ0v) is 13.7. The maximum Gasteiger partial charge on any atom is 0.133 e. The standard InChI is InChI=1S/C15H22N4OS/c1-9(2)12-5-13(19-15(18-12)10(3)4)16-6-14-17-11(7-20)8-21-14/h5,8-10,20H,6-7H2,1-4H3,(H,16,18,19). The summed E-state index contributed by atoms with van der Waals surface area (Å²) in [7, 11) is 0. The van der Waals surface area contributed by atoms with Crippen LogP contribution in [-0.2, 0) is 13.2 Å². The van der Waals surface area contributed by atoms with Crippen molar-refractivity contribution in [3.05, 3.63) is 33.7 Å². The van der Waals surface area contributed by atoms with Gasteiger partial charge in [0.1, 0.15) is 16.6 Å². The van der Waals surface area contributed by atoms with Gasteiger partial charge >= 0.3 is 0 Å². The van der Waals surface area contributed by atoms with E-state index < -0.39 is 0 Å². The Morgan fingerprint density at radius 2 is 1.90 bits per heavy atom. The van der Waals surface area contributed by atoms with Crippen LogP contribution in [0.15, 0.2) is 11.4 Å². The second-order valence-electron chi connectivity index (χ2n) is 5.59. The number of thiazole rings is 1. The predicted molar refractivity (Wildman–Crippen MR) is 85.6 cm³/mol. The Balaban J connectivity index is 2.14. The highest BCUT2D eigenvalue weighted by molar-refractivity contribution is 7.09. The van der Waals surface area contributed by atoms with E-state index in [1.54, 1.807) is 0 Å². The van der Waals surface area contributed by atoms with Crippen molar-refractivity contribution in [1.29, 1.82) is 0 Å². The molecule has 5 nitrogen and oxygen atoms in total. The molecule has 2 aromatic rings. The molecule has 114 valence electrons. The molecule has 0 aliphatic heterocycles. The summed E-state index contributed by atoms with van der Waals surface area (Å²) in [6, 6.07) is 2.00. The molecular formula is C15H22N4OS. The summed E-state index contributed by atoms with van der Waals surface area (Å²) < 4.78 is 0. The smallest absolute Gasteiger partial charge is 0.133 e. The summed E-state index contributed by atoms with van der Waals surface area (Å²) in [6.07, 6.45) is 0. The van der Waals surface area contributed by atoms with Gasteiger partial charge in [0.15, 0.2) is 0 Å². The Kier molecular flexibility index (Phi) is 5.25. The van der Waals surface area contributed by atoms with Gasteiger partial charge in [0.05, 0.1) is 18.8 Å². The number of rotatable bonds is 6. The van der Waals surface area contributed by atoms with Gasteiger partial charge in [0, 0.05) is 23.1 Å². The third kappa shape index (κ3) is 4.22. The van der Waals surface area contributed by atoms with Gasteiger partial charge in [-0.25, -0.2) is 15.0 Å². The van der Waals surface area contributed by atoms with Gasteiger partial charge in [-0.3, -0.25) is 0 Å². The highest BCUT2D eigenvalue weighted by Gasteiger charge is 2.11. The Hall–Kier alpha value is -1.53. The fourth-order valence-electron chi connectivity index (χ4n) is 1.80. The number of nitrogens with zero attached hydrogens (tertiary/aromatic N) is 3. The highest BCUT2D eigenvalue weighted by atomic mass is 32.1. The van der Waals surface area contributed by atoms with E-state index in [-0.39, 0.29) is 6.61 Å². The van der Waals surface area contributed by atoms with Crippen LogP contribution in [0, 0.1) is 0 Å². The first-order chi connectivity index (χ1) is 9.99. The molecule has 0 unspecified atom stereocenters. The molecular weight excluding hydrogens is 284 g/mol. The van der Waals surface area contributed by atoms with Gasteiger partial charge in [0.25, 0.3) is 0 Å². The van der Waals surface area contributed by atoms with E-state index in [0.29, 0.717) is 24.1 Å². The second-order valence-corrected chi connectivity index (χ2v) is 6.53. The van der Waals surface area contributed by atoms with Crippen molar-refractivity contribution in [2.24, 2.45) is 0 Å². The van der Waals surface area contributed by atoms with Crippen molar-refractivity contribution in [1.82, 2.24) is 15.0 Å². The van der Waals surface area contributed by atoms with E-state index >= 15 is 0 Å². The van der Waals surface area contributed by atoms with Crippen LogP contribution in [0.3, 0.4) is 0 Å². The lowest BCUT2D eigenvalue weighted by Gasteiger charge is -2.12. The first-order valence-corrected chi connectivity index (χ1v) is 8.04. The van der Waals surface area contributed by atoms with Crippen molar-refractivity contribution in [3.63, 3.8) is 0 Å². The topological polar surface area (TPSA) is 70.9 Å². The van der Waals surface area contributed by atoms with Crippen molar-refractivity contribution in [2.45, 2.75) is 52.7 Å². The molecule has 6 heteroatoms. The van der Waals surface area contributed by atoms with Gasteiger partial charge in [0.2, 0.25) is 0 Å². The van der Waals surface area contributed by atoms with E-state index in [4.69, 9.17) is 5.11 Å². The highest BCUT2D eigenvalue weighted by Crippen LogP contribution is 2.20. The first kappa shape index (κ1) is 15.9. The van der Waals surface area contributed by atoms with Gasteiger partial charge < -0.3 is 10.4 Å². The van der Waals surface area contributed by atoms with Crippen LogP contribution >= 0.6 is 11.3 Å². The zero-order valence-electron chi connectivity index (χ0n) is 12.9. The predicted octanol–water partition coefficient (Wildman–Crippen LogP) is 3.28. The second kappa shape index (κ2) is 6.95. The Labute approximate surface area is 129 Å².